The molecular weight excluding hydrogens is 186 g/mol. The molecule has 1 aliphatic rings. The summed E-state index contributed by atoms with van der Waals surface area (Å²) >= 11 is 0. The highest BCUT2D eigenvalue weighted by Crippen LogP contribution is 2.27. The van der Waals surface area contributed by atoms with Crippen LogP contribution >= 0.6 is 0 Å². The van der Waals surface area contributed by atoms with E-state index in [1.54, 1.807) is 0 Å². The summed E-state index contributed by atoms with van der Waals surface area (Å²) in [5.74, 6) is 1.01. The monoisotopic (exact) mass is 198 g/mol. The van der Waals surface area contributed by atoms with Crippen LogP contribution in [0.2, 0.25) is 0 Å². The number of hydrogen-bond donors (Lipinski definition) is 0. The first-order valence-electron chi connectivity index (χ1n) is 5.25. The smallest absolute Gasteiger partial charge is 0.134 e. The number of nitrogens with zero attached hydrogens (tertiary/aromatic N) is 1. The third-order valence-corrected chi connectivity index (χ3v) is 2.75. The van der Waals surface area contributed by atoms with Gasteiger partial charge in [0.1, 0.15) is 11.3 Å². The molecule has 0 N–H and O–H groups in total. The Labute approximate surface area is 88.6 Å². The Morgan fingerprint density at radius 3 is 2.93 bits per heavy atom. The number of furan rings is 1. The predicted octanol–water partition coefficient (Wildman–Crippen LogP) is 2.82. The van der Waals surface area contributed by atoms with Crippen molar-refractivity contribution in [1.29, 1.82) is 0 Å². The van der Waals surface area contributed by atoms with E-state index in [2.05, 4.69) is 23.5 Å². The topological polar surface area (TPSA) is 27.2 Å². The molecule has 2 nitrogen and oxygen atoms in total. The van der Waals surface area contributed by atoms with Gasteiger partial charge in [-0.25, -0.2) is 5.32 Å². The first-order chi connectivity index (χ1) is 7.43. The molecule has 2 heterocycles. The average Bonchev–Trinajstić information content (AvgIpc) is 2.74. The number of para-hydroxylation sites is 1. The molecule has 0 fully saturated rings. The lowest BCUT2D eigenvalue weighted by Gasteiger charge is -2.09. The molecule has 15 heavy (non-hydrogen) atoms. The van der Waals surface area contributed by atoms with Crippen molar-refractivity contribution in [1.82, 2.24) is 5.32 Å². The summed E-state index contributed by atoms with van der Waals surface area (Å²) < 4.78 is 5.80. The van der Waals surface area contributed by atoms with Crippen LogP contribution in [0.1, 0.15) is 12.2 Å². The zero-order valence-corrected chi connectivity index (χ0v) is 8.44. The Bertz CT molecular complexity index is 477. The molecule has 0 aliphatic carbocycles. The number of hydrogen-bond acceptors (Lipinski definition) is 1. The van der Waals surface area contributed by atoms with Gasteiger partial charge in [0.15, 0.2) is 0 Å². The van der Waals surface area contributed by atoms with Crippen LogP contribution in [-0.2, 0) is 0 Å². The van der Waals surface area contributed by atoms with E-state index in [0.717, 1.165) is 30.9 Å². The standard InChI is InChI=1S/C13H12NO/c1-2-4-12-11(3-1)9-13(15-12)10-5-7-14-8-6-10/h1-5,9H,6-8H2. The van der Waals surface area contributed by atoms with Gasteiger partial charge in [-0.3, -0.25) is 0 Å². The molecule has 1 aliphatic heterocycles. The minimum Gasteiger partial charge on any atom is -0.456 e. The van der Waals surface area contributed by atoms with Gasteiger partial charge in [0, 0.05) is 18.5 Å². The van der Waals surface area contributed by atoms with Gasteiger partial charge in [-0.2, -0.15) is 0 Å². The van der Waals surface area contributed by atoms with Crippen LogP contribution in [0.25, 0.3) is 16.5 Å². The molecule has 0 saturated heterocycles. The van der Waals surface area contributed by atoms with Crippen LogP contribution in [-0.4, -0.2) is 13.1 Å². The fraction of sp³-hybridized carbons (Fsp3) is 0.231. The van der Waals surface area contributed by atoms with Crippen molar-refractivity contribution in [3.05, 3.63) is 42.2 Å². The van der Waals surface area contributed by atoms with Gasteiger partial charge >= 0.3 is 0 Å². The van der Waals surface area contributed by atoms with Crippen molar-refractivity contribution in [2.24, 2.45) is 0 Å². The van der Waals surface area contributed by atoms with Gasteiger partial charge in [0.05, 0.1) is 0 Å². The third kappa shape index (κ3) is 1.57. The highest BCUT2D eigenvalue weighted by Gasteiger charge is 2.10. The largest absolute Gasteiger partial charge is 0.456 e. The lowest BCUT2D eigenvalue weighted by atomic mass is 10.1. The van der Waals surface area contributed by atoms with Crippen molar-refractivity contribution < 1.29 is 4.42 Å². The molecule has 0 atom stereocenters. The molecule has 1 aromatic heterocycles. The molecular formula is C13H12NO. The highest BCUT2D eigenvalue weighted by molar-refractivity contribution is 5.82. The van der Waals surface area contributed by atoms with Gasteiger partial charge in [-0.15, -0.1) is 0 Å². The van der Waals surface area contributed by atoms with E-state index in [1.165, 1.54) is 11.0 Å². The molecule has 1 radical (unpaired) electrons. The van der Waals surface area contributed by atoms with Gasteiger partial charge in [0.25, 0.3) is 0 Å². The van der Waals surface area contributed by atoms with Crippen LogP contribution in [0.4, 0.5) is 0 Å². The maximum Gasteiger partial charge on any atom is 0.134 e. The first-order valence-corrected chi connectivity index (χ1v) is 5.25. The molecule has 0 amide bonds. The van der Waals surface area contributed by atoms with Crippen molar-refractivity contribution in [3.63, 3.8) is 0 Å². The average molecular weight is 198 g/mol. The van der Waals surface area contributed by atoms with Crippen molar-refractivity contribution in [2.75, 3.05) is 13.1 Å². The molecule has 1 aromatic carbocycles. The zero-order valence-electron chi connectivity index (χ0n) is 8.44. The maximum atomic E-state index is 5.80. The Morgan fingerprint density at radius 2 is 2.13 bits per heavy atom. The minimum absolute atomic E-state index is 0.826. The SMILES string of the molecule is C1=C(c2cc3ccccc3o2)CC[N]C1. The van der Waals surface area contributed by atoms with E-state index < -0.39 is 0 Å². The molecule has 75 valence electrons. The summed E-state index contributed by atoms with van der Waals surface area (Å²) in [6, 6.07) is 10.2. The van der Waals surface area contributed by atoms with E-state index in [-0.39, 0.29) is 0 Å². The van der Waals surface area contributed by atoms with E-state index >= 15 is 0 Å². The van der Waals surface area contributed by atoms with E-state index in [1.807, 2.05) is 18.2 Å². The Kier molecular flexibility index (Phi) is 2.07. The zero-order chi connectivity index (χ0) is 10.1. The highest BCUT2D eigenvalue weighted by atomic mass is 16.3. The Balaban J connectivity index is 2.07. The second-order valence-electron chi connectivity index (χ2n) is 3.76. The van der Waals surface area contributed by atoms with Crippen molar-refractivity contribution in [2.45, 2.75) is 6.42 Å². The summed E-state index contributed by atoms with van der Waals surface area (Å²) in [6.07, 6.45) is 3.15. The molecule has 0 bridgehead atoms. The molecule has 2 heteroatoms. The summed E-state index contributed by atoms with van der Waals surface area (Å²) in [5, 5.41) is 5.47. The first kappa shape index (κ1) is 8.74. The Morgan fingerprint density at radius 1 is 1.20 bits per heavy atom. The molecule has 0 saturated carbocycles. The maximum absolute atomic E-state index is 5.80. The second-order valence-corrected chi connectivity index (χ2v) is 3.76. The van der Waals surface area contributed by atoms with E-state index in [4.69, 9.17) is 4.42 Å². The lowest BCUT2D eigenvalue weighted by molar-refractivity contribution is 0.589. The van der Waals surface area contributed by atoms with Crippen LogP contribution in [0.15, 0.2) is 40.8 Å². The minimum atomic E-state index is 0.826. The lowest BCUT2D eigenvalue weighted by Crippen LogP contribution is -2.12. The van der Waals surface area contributed by atoms with Crippen molar-refractivity contribution in [3.8, 4) is 0 Å². The normalized spacial score (nSPS) is 16.7. The fourth-order valence-corrected chi connectivity index (χ4v) is 1.93. The van der Waals surface area contributed by atoms with Crippen LogP contribution < -0.4 is 5.32 Å². The van der Waals surface area contributed by atoms with Crippen LogP contribution in [0.3, 0.4) is 0 Å². The quantitative estimate of drug-likeness (QED) is 0.692. The van der Waals surface area contributed by atoms with Crippen LogP contribution in [0.5, 0.6) is 0 Å². The second kappa shape index (κ2) is 3.55. The summed E-state index contributed by atoms with van der Waals surface area (Å²) in [7, 11) is 0. The van der Waals surface area contributed by atoms with Crippen LogP contribution in [0, 0.1) is 0 Å². The summed E-state index contributed by atoms with van der Waals surface area (Å²) in [6.45, 7) is 1.75. The van der Waals surface area contributed by atoms with E-state index in [0.29, 0.717) is 0 Å². The van der Waals surface area contributed by atoms with Gasteiger partial charge < -0.3 is 4.42 Å². The van der Waals surface area contributed by atoms with Crippen molar-refractivity contribution >= 4 is 16.5 Å². The molecule has 2 aromatic rings. The number of fused-ring (bicyclic) bond motifs is 1. The molecule has 0 spiro atoms. The number of rotatable bonds is 1. The van der Waals surface area contributed by atoms with Gasteiger partial charge in [0.2, 0.25) is 0 Å². The van der Waals surface area contributed by atoms with Gasteiger partial charge in [-0.1, -0.05) is 24.3 Å². The van der Waals surface area contributed by atoms with Gasteiger partial charge in [-0.05, 0) is 24.1 Å². The molecule has 0 unspecified atom stereocenters. The Hall–Kier alpha value is -1.54. The summed E-state index contributed by atoms with van der Waals surface area (Å²) in [4.78, 5) is 0. The van der Waals surface area contributed by atoms with E-state index in [9.17, 15) is 0 Å². The third-order valence-electron chi connectivity index (χ3n) is 2.75. The number of benzene rings is 1. The predicted molar refractivity (Wildman–Crippen MR) is 60.7 cm³/mol. The molecule has 3 rings (SSSR count). The summed E-state index contributed by atoms with van der Waals surface area (Å²) in [5.41, 5.74) is 2.26. The fourth-order valence-electron chi connectivity index (χ4n) is 1.93.